The Balaban J connectivity index is 1.92. The van der Waals surface area contributed by atoms with Crippen molar-refractivity contribution < 1.29 is 18.4 Å². The zero-order valence-corrected chi connectivity index (χ0v) is 13.0. The molecule has 0 saturated heterocycles. The molecule has 2 N–H and O–H groups in total. The van der Waals surface area contributed by atoms with E-state index in [2.05, 4.69) is 4.72 Å². The van der Waals surface area contributed by atoms with Gasteiger partial charge in [0.1, 0.15) is 5.75 Å². The number of non-ortho nitro benzene ring substituents is 1. The molecule has 2 aromatic carbocycles. The Morgan fingerprint density at radius 1 is 1.13 bits per heavy atom. The summed E-state index contributed by atoms with van der Waals surface area (Å²) in [6.07, 6.45) is 1.22. The number of aryl methyl sites for hydroxylation is 1. The number of nitro groups is 1. The molecule has 122 valence electrons. The van der Waals surface area contributed by atoms with Crippen molar-refractivity contribution in [2.24, 2.45) is 0 Å². The van der Waals surface area contributed by atoms with E-state index in [1.165, 1.54) is 18.2 Å². The normalized spacial score (nSPS) is 11.3. The van der Waals surface area contributed by atoms with Crippen molar-refractivity contribution in [1.82, 2.24) is 4.72 Å². The summed E-state index contributed by atoms with van der Waals surface area (Å²) in [5.41, 5.74) is 0.717. The van der Waals surface area contributed by atoms with E-state index < -0.39 is 14.9 Å². The van der Waals surface area contributed by atoms with Crippen molar-refractivity contribution in [2.75, 3.05) is 6.54 Å². The number of nitrogens with one attached hydrogen (secondary N) is 1. The molecule has 0 fully saturated rings. The standard InChI is InChI=1S/C15H16N2O5S/c18-14-8-6-12(7-9-14)3-2-10-16-23(21,22)15-5-1-4-13(11-15)17(19)20/h1,4-9,11,16,18H,2-3,10H2. The molecule has 2 rings (SSSR count). The molecule has 0 bridgehead atoms. The van der Waals surface area contributed by atoms with E-state index in [-0.39, 0.29) is 22.9 Å². The minimum atomic E-state index is -3.77. The Morgan fingerprint density at radius 3 is 2.48 bits per heavy atom. The van der Waals surface area contributed by atoms with Gasteiger partial charge in [-0.2, -0.15) is 0 Å². The average molecular weight is 336 g/mol. The van der Waals surface area contributed by atoms with E-state index in [1.807, 2.05) is 0 Å². The second kappa shape index (κ2) is 7.21. The fourth-order valence-electron chi connectivity index (χ4n) is 2.01. The summed E-state index contributed by atoms with van der Waals surface area (Å²) < 4.78 is 26.6. The van der Waals surface area contributed by atoms with Gasteiger partial charge in [-0.05, 0) is 36.6 Å². The molecule has 8 heteroatoms. The highest BCUT2D eigenvalue weighted by Crippen LogP contribution is 2.17. The lowest BCUT2D eigenvalue weighted by Crippen LogP contribution is -2.25. The van der Waals surface area contributed by atoms with Crippen LogP contribution >= 0.6 is 0 Å². The first-order chi connectivity index (χ1) is 10.9. The van der Waals surface area contributed by atoms with Crippen molar-refractivity contribution >= 4 is 15.7 Å². The third-order valence-electron chi connectivity index (χ3n) is 3.21. The minimum absolute atomic E-state index is 0.128. The summed E-state index contributed by atoms with van der Waals surface area (Å²) in [7, 11) is -3.77. The molecule has 0 heterocycles. The summed E-state index contributed by atoms with van der Waals surface area (Å²) in [6.45, 7) is 0.214. The third kappa shape index (κ3) is 4.76. The predicted octanol–water partition coefficient (Wildman–Crippen LogP) is 2.21. The number of nitrogens with zero attached hydrogens (tertiary/aromatic N) is 1. The van der Waals surface area contributed by atoms with Crippen molar-refractivity contribution in [3.8, 4) is 5.75 Å². The number of phenols is 1. The number of aromatic hydroxyl groups is 1. The van der Waals surface area contributed by atoms with E-state index in [4.69, 9.17) is 0 Å². The van der Waals surface area contributed by atoms with E-state index in [0.717, 1.165) is 11.6 Å². The Kier molecular flexibility index (Phi) is 5.30. The summed E-state index contributed by atoms with van der Waals surface area (Å²) in [5.74, 6) is 0.181. The molecule has 0 saturated carbocycles. The van der Waals surface area contributed by atoms with E-state index in [9.17, 15) is 23.6 Å². The second-order valence-corrected chi connectivity index (χ2v) is 6.69. The van der Waals surface area contributed by atoms with Gasteiger partial charge in [0, 0.05) is 18.7 Å². The quantitative estimate of drug-likeness (QED) is 0.458. The number of benzene rings is 2. The fraction of sp³-hybridized carbons (Fsp3) is 0.200. The van der Waals surface area contributed by atoms with E-state index >= 15 is 0 Å². The molecule has 0 radical (unpaired) electrons. The molecular weight excluding hydrogens is 320 g/mol. The molecular formula is C15H16N2O5S. The fourth-order valence-corrected chi connectivity index (χ4v) is 3.12. The maximum absolute atomic E-state index is 12.1. The average Bonchev–Trinajstić information content (AvgIpc) is 2.53. The maximum Gasteiger partial charge on any atom is 0.270 e. The molecule has 0 aliphatic heterocycles. The number of phenolic OH excluding ortho intramolecular Hbond substituents is 1. The van der Waals surface area contributed by atoms with Gasteiger partial charge in [0.2, 0.25) is 10.0 Å². The predicted molar refractivity (Wildman–Crippen MR) is 84.7 cm³/mol. The number of nitro benzene ring substituents is 1. The zero-order valence-electron chi connectivity index (χ0n) is 12.2. The molecule has 0 amide bonds. The molecule has 2 aromatic rings. The van der Waals surface area contributed by atoms with E-state index in [0.29, 0.717) is 12.8 Å². The summed E-state index contributed by atoms with van der Waals surface area (Å²) in [4.78, 5) is 9.93. The first-order valence-electron chi connectivity index (χ1n) is 6.90. The van der Waals surface area contributed by atoms with Gasteiger partial charge in [0.15, 0.2) is 0 Å². The highest BCUT2D eigenvalue weighted by atomic mass is 32.2. The summed E-state index contributed by atoms with van der Waals surface area (Å²) in [6, 6.07) is 11.6. The molecule has 0 unspecified atom stereocenters. The maximum atomic E-state index is 12.1. The van der Waals surface area contributed by atoms with Gasteiger partial charge in [-0.1, -0.05) is 18.2 Å². The number of hydrogen-bond donors (Lipinski definition) is 2. The molecule has 0 aromatic heterocycles. The van der Waals surface area contributed by atoms with Crippen molar-refractivity contribution in [1.29, 1.82) is 0 Å². The molecule has 0 spiro atoms. The largest absolute Gasteiger partial charge is 0.508 e. The molecule has 0 aliphatic carbocycles. The van der Waals surface area contributed by atoms with Gasteiger partial charge < -0.3 is 5.11 Å². The topological polar surface area (TPSA) is 110 Å². The van der Waals surface area contributed by atoms with Crippen LogP contribution in [-0.2, 0) is 16.4 Å². The first kappa shape index (κ1) is 16.9. The highest BCUT2D eigenvalue weighted by molar-refractivity contribution is 7.89. The molecule has 23 heavy (non-hydrogen) atoms. The Labute approximate surface area is 133 Å². The van der Waals surface area contributed by atoms with Gasteiger partial charge in [-0.25, -0.2) is 13.1 Å². The van der Waals surface area contributed by atoms with Gasteiger partial charge in [-0.3, -0.25) is 10.1 Å². The lowest BCUT2D eigenvalue weighted by Gasteiger charge is -2.07. The van der Waals surface area contributed by atoms with Crippen LogP contribution in [0.2, 0.25) is 0 Å². The van der Waals surface area contributed by atoms with Crippen LogP contribution in [0.4, 0.5) is 5.69 Å². The van der Waals surface area contributed by atoms with Crippen LogP contribution in [0.1, 0.15) is 12.0 Å². The van der Waals surface area contributed by atoms with Crippen LogP contribution in [0, 0.1) is 10.1 Å². The lowest BCUT2D eigenvalue weighted by molar-refractivity contribution is -0.385. The number of hydrogen-bond acceptors (Lipinski definition) is 5. The van der Waals surface area contributed by atoms with Gasteiger partial charge in [0.05, 0.1) is 9.82 Å². The first-order valence-corrected chi connectivity index (χ1v) is 8.39. The molecule has 0 aliphatic rings. The Bertz CT molecular complexity index is 788. The monoisotopic (exact) mass is 336 g/mol. The van der Waals surface area contributed by atoms with Crippen LogP contribution in [0.15, 0.2) is 53.4 Å². The molecule has 7 nitrogen and oxygen atoms in total. The van der Waals surface area contributed by atoms with E-state index in [1.54, 1.807) is 24.3 Å². The molecule has 0 atom stereocenters. The summed E-state index contributed by atoms with van der Waals surface area (Å²) >= 11 is 0. The number of sulfonamides is 1. The van der Waals surface area contributed by atoms with Crippen LogP contribution in [0.3, 0.4) is 0 Å². The smallest absolute Gasteiger partial charge is 0.270 e. The Hall–Kier alpha value is -2.45. The van der Waals surface area contributed by atoms with Gasteiger partial charge in [-0.15, -0.1) is 0 Å². The second-order valence-electron chi connectivity index (χ2n) is 4.92. The van der Waals surface area contributed by atoms with Crippen molar-refractivity contribution in [3.63, 3.8) is 0 Å². The van der Waals surface area contributed by atoms with Crippen LogP contribution in [0.25, 0.3) is 0 Å². The SMILES string of the molecule is O=[N+]([O-])c1cccc(S(=O)(=O)NCCCc2ccc(O)cc2)c1. The van der Waals surface area contributed by atoms with Crippen LogP contribution < -0.4 is 4.72 Å². The van der Waals surface area contributed by atoms with Gasteiger partial charge in [0.25, 0.3) is 5.69 Å². The minimum Gasteiger partial charge on any atom is -0.508 e. The highest BCUT2D eigenvalue weighted by Gasteiger charge is 2.16. The number of rotatable bonds is 7. The third-order valence-corrected chi connectivity index (χ3v) is 4.67. The van der Waals surface area contributed by atoms with Crippen molar-refractivity contribution in [2.45, 2.75) is 17.7 Å². The van der Waals surface area contributed by atoms with Gasteiger partial charge >= 0.3 is 0 Å². The summed E-state index contributed by atoms with van der Waals surface area (Å²) in [5, 5.41) is 19.9. The van der Waals surface area contributed by atoms with Crippen LogP contribution in [-0.4, -0.2) is 25.0 Å². The van der Waals surface area contributed by atoms with Crippen molar-refractivity contribution in [3.05, 3.63) is 64.2 Å². The van der Waals surface area contributed by atoms with Crippen LogP contribution in [0.5, 0.6) is 5.75 Å². The zero-order chi connectivity index (χ0) is 16.9. The Morgan fingerprint density at radius 2 is 1.83 bits per heavy atom. The lowest BCUT2D eigenvalue weighted by atomic mass is 10.1.